The number of rotatable bonds is 3. The Morgan fingerprint density at radius 2 is 1.52 bits per heavy atom. The smallest absolute Gasteiger partial charge is 0.0466 e. The molecule has 0 atom stereocenters. The van der Waals surface area contributed by atoms with E-state index in [0.29, 0.717) is 0 Å². The first-order valence-electron chi connectivity index (χ1n) is 7.39. The van der Waals surface area contributed by atoms with Gasteiger partial charge in [-0.3, -0.25) is 0 Å². The van der Waals surface area contributed by atoms with Crippen molar-refractivity contribution in [3.05, 3.63) is 83.5 Å². The second kappa shape index (κ2) is 6.26. The van der Waals surface area contributed by atoms with Crippen molar-refractivity contribution in [3.8, 4) is 11.1 Å². The lowest BCUT2D eigenvalue weighted by Gasteiger charge is -2.04. The van der Waals surface area contributed by atoms with E-state index in [1.54, 1.807) is 11.8 Å². The molecule has 0 saturated heterocycles. The number of halogens is 1. The van der Waals surface area contributed by atoms with Crippen molar-refractivity contribution in [3.63, 3.8) is 0 Å². The summed E-state index contributed by atoms with van der Waals surface area (Å²) in [6, 6.07) is 25.5. The van der Waals surface area contributed by atoms with Gasteiger partial charge in [-0.1, -0.05) is 70.2 Å². The lowest BCUT2D eigenvalue weighted by atomic mass is 10.1. The molecule has 3 aromatic carbocycles. The molecule has 0 spiro atoms. The number of H-pyrrole nitrogens is 1. The minimum atomic E-state index is 1.10. The van der Waals surface area contributed by atoms with Crippen LogP contribution in [0.25, 0.3) is 22.0 Å². The van der Waals surface area contributed by atoms with Crippen LogP contribution in [-0.2, 0) is 0 Å². The molecule has 1 heterocycles. The highest BCUT2D eigenvalue weighted by Crippen LogP contribution is 2.35. The van der Waals surface area contributed by atoms with Crippen molar-refractivity contribution in [1.29, 1.82) is 0 Å². The van der Waals surface area contributed by atoms with Gasteiger partial charge in [-0.25, -0.2) is 0 Å². The summed E-state index contributed by atoms with van der Waals surface area (Å²) in [5.74, 6) is 0. The third-order valence-electron chi connectivity index (χ3n) is 3.80. The molecule has 4 aromatic rings. The van der Waals surface area contributed by atoms with Crippen LogP contribution in [0.1, 0.15) is 0 Å². The zero-order valence-corrected chi connectivity index (χ0v) is 14.7. The van der Waals surface area contributed by atoms with Crippen molar-refractivity contribution in [1.82, 2.24) is 4.98 Å². The third kappa shape index (κ3) is 3.07. The van der Waals surface area contributed by atoms with E-state index in [0.717, 1.165) is 9.99 Å². The molecule has 3 heteroatoms. The Hall–Kier alpha value is -1.97. The van der Waals surface area contributed by atoms with E-state index in [4.69, 9.17) is 0 Å². The van der Waals surface area contributed by atoms with Crippen molar-refractivity contribution in [2.75, 3.05) is 0 Å². The zero-order chi connectivity index (χ0) is 15.6. The minimum absolute atomic E-state index is 1.10. The Labute approximate surface area is 147 Å². The molecule has 0 unspecified atom stereocenters. The molecule has 0 aliphatic heterocycles. The summed E-state index contributed by atoms with van der Waals surface area (Å²) < 4.78 is 1.10. The van der Waals surface area contributed by atoms with Gasteiger partial charge in [0.15, 0.2) is 0 Å². The van der Waals surface area contributed by atoms with E-state index in [2.05, 4.69) is 93.8 Å². The maximum absolute atomic E-state index is 3.55. The Morgan fingerprint density at radius 3 is 2.30 bits per heavy atom. The highest BCUT2D eigenvalue weighted by atomic mass is 79.9. The van der Waals surface area contributed by atoms with Gasteiger partial charge < -0.3 is 4.98 Å². The van der Waals surface area contributed by atoms with E-state index >= 15 is 0 Å². The Morgan fingerprint density at radius 1 is 0.783 bits per heavy atom. The molecule has 0 saturated carbocycles. The SMILES string of the molecule is Brc1ccc2[nH]cc(Sc3ccc(-c4ccccc4)cc3)c2c1. The molecular formula is C20H14BrNS. The normalized spacial score (nSPS) is 11.0. The van der Waals surface area contributed by atoms with Gasteiger partial charge in [-0.05, 0) is 41.5 Å². The van der Waals surface area contributed by atoms with Crippen LogP contribution in [0.2, 0.25) is 0 Å². The van der Waals surface area contributed by atoms with Crippen LogP contribution in [-0.4, -0.2) is 4.98 Å². The number of fused-ring (bicyclic) bond motifs is 1. The van der Waals surface area contributed by atoms with Crippen LogP contribution in [0.3, 0.4) is 0 Å². The minimum Gasteiger partial charge on any atom is -0.360 e. The van der Waals surface area contributed by atoms with Crippen molar-refractivity contribution < 1.29 is 0 Å². The summed E-state index contributed by atoms with van der Waals surface area (Å²) in [4.78, 5) is 5.82. The molecule has 112 valence electrons. The lowest BCUT2D eigenvalue weighted by Crippen LogP contribution is -1.77. The van der Waals surface area contributed by atoms with E-state index < -0.39 is 0 Å². The Kier molecular flexibility index (Phi) is 3.98. The Bertz CT molecular complexity index is 942. The monoisotopic (exact) mass is 379 g/mol. The predicted molar refractivity (Wildman–Crippen MR) is 102 cm³/mol. The van der Waals surface area contributed by atoms with E-state index in [-0.39, 0.29) is 0 Å². The van der Waals surface area contributed by atoms with Crippen molar-refractivity contribution in [2.24, 2.45) is 0 Å². The van der Waals surface area contributed by atoms with Gasteiger partial charge in [0.25, 0.3) is 0 Å². The molecule has 23 heavy (non-hydrogen) atoms. The molecule has 0 bridgehead atoms. The molecular weight excluding hydrogens is 366 g/mol. The molecule has 0 aliphatic carbocycles. The van der Waals surface area contributed by atoms with Crippen LogP contribution < -0.4 is 0 Å². The van der Waals surface area contributed by atoms with Crippen LogP contribution in [0.15, 0.2) is 93.3 Å². The molecule has 0 aliphatic rings. The summed E-state index contributed by atoms with van der Waals surface area (Å²) in [6.07, 6.45) is 2.08. The van der Waals surface area contributed by atoms with Gasteiger partial charge in [0, 0.05) is 31.4 Å². The molecule has 0 amide bonds. The molecule has 0 radical (unpaired) electrons. The first-order valence-corrected chi connectivity index (χ1v) is 9.00. The summed E-state index contributed by atoms with van der Waals surface area (Å²) >= 11 is 5.33. The summed E-state index contributed by atoms with van der Waals surface area (Å²) in [5.41, 5.74) is 3.66. The Balaban J connectivity index is 1.62. The quantitative estimate of drug-likeness (QED) is 0.416. The standard InChI is InChI=1S/C20H14BrNS/c21-16-8-11-19-18(12-16)20(13-22-19)23-17-9-6-15(7-10-17)14-4-2-1-3-5-14/h1-13,22H. The van der Waals surface area contributed by atoms with Gasteiger partial charge in [0.1, 0.15) is 0 Å². The van der Waals surface area contributed by atoms with Crippen LogP contribution in [0.4, 0.5) is 0 Å². The largest absolute Gasteiger partial charge is 0.360 e. The fourth-order valence-corrected chi connectivity index (χ4v) is 3.91. The molecule has 1 aromatic heterocycles. The number of benzene rings is 3. The maximum Gasteiger partial charge on any atom is 0.0466 e. The fraction of sp³-hybridized carbons (Fsp3) is 0. The van der Waals surface area contributed by atoms with Crippen molar-refractivity contribution in [2.45, 2.75) is 9.79 Å². The van der Waals surface area contributed by atoms with E-state index in [1.807, 2.05) is 6.07 Å². The van der Waals surface area contributed by atoms with Gasteiger partial charge >= 0.3 is 0 Å². The van der Waals surface area contributed by atoms with Gasteiger partial charge in [0.2, 0.25) is 0 Å². The first kappa shape index (κ1) is 14.6. The lowest BCUT2D eigenvalue weighted by molar-refractivity contribution is 1.39. The van der Waals surface area contributed by atoms with Gasteiger partial charge in [-0.2, -0.15) is 0 Å². The van der Waals surface area contributed by atoms with Crippen molar-refractivity contribution >= 4 is 38.6 Å². The number of nitrogens with one attached hydrogen (secondary N) is 1. The average molecular weight is 380 g/mol. The molecule has 1 nitrogen and oxygen atoms in total. The highest BCUT2D eigenvalue weighted by Gasteiger charge is 2.06. The fourth-order valence-electron chi connectivity index (χ4n) is 2.62. The number of aromatic nitrogens is 1. The average Bonchev–Trinajstić information content (AvgIpc) is 2.98. The van der Waals surface area contributed by atoms with E-state index in [1.165, 1.54) is 26.3 Å². The second-order valence-corrected chi connectivity index (χ2v) is 7.37. The summed E-state index contributed by atoms with van der Waals surface area (Å²) in [5, 5.41) is 1.25. The topological polar surface area (TPSA) is 15.8 Å². The van der Waals surface area contributed by atoms with Crippen LogP contribution in [0.5, 0.6) is 0 Å². The van der Waals surface area contributed by atoms with Gasteiger partial charge in [0.05, 0.1) is 0 Å². The van der Waals surface area contributed by atoms with Crippen LogP contribution in [0, 0.1) is 0 Å². The molecule has 0 fully saturated rings. The summed E-state index contributed by atoms with van der Waals surface area (Å²) in [6.45, 7) is 0. The number of hydrogen-bond acceptors (Lipinski definition) is 1. The predicted octanol–water partition coefficient (Wildman–Crippen LogP) is 6.75. The van der Waals surface area contributed by atoms with Crippen LogP contribution >= 0.6 is 27.7 Å². The zero-order valence-electron chi connectivity index (χ0n) is 12.3. The van der Waals surface area contributed by atoms with Gasteiger partial charge in [-0.15, -0.1) is 0 Å². The molecule has 4 rings (SSSR count). The van der Waals surface area contributed by atoms with E-state index in [9.17, 15) is 0 Å². The maximum atomic E-state index is 3.55. The molecule has 1 N–H and O–H groups in total. The third-order valence-corrected chi connectivity index (χ3v) is 5.35. The second-order valence-electron chi connectivity index (χ2n) is 5.34. The summed E-state index contributed by atoms with van der Waals surface area (Å²) in [7, 11) is 0. The number of aromatic amines is 1. The first-order chi connectivity index (χ1) is 11.3. The highest BCUT2D eigenvalue weighted by molar-refractivity contribution is 9.10. The number of hydrogen-bond donors (Lipinski definition) is 1.